The molecule has 4 heteroatoms. The molecule has 0 aliphatic heterocycles. The molecule has 1 heterocycles. The third-order valence-electron chi connectivity index (χ3n) is 4.48. The van der Waals surface area contributed by atoms with Crippen molar-refractivity contribution < 1.29 is 0 Å². The molecule has 0 amide bonds. The van der Waals surface area contributed by atoms with Gasteiger partial charge in [-0.3, -0.25) is 0 Å². The standard InChI is InChI=1S/C14H26N4/c1-10(2)18-12(4)16-17-13(18)14(9-15)7-5-11(3)6-8-14/h10-11H,5-9,15H2,1-4H3. The van der Waals surface area contributed by atoms with Gasteiger partial charge >= 0.3 is 0 Å². The summed E-state index contributed by atoms with van der Waals surface area (Å²) >= 11 is 0. The molecule has 1 aliphatic rings. The Bertz CT molecular complexity index is 400. The van der Waals surface area contributed by atoms with Crippen molar-refractivity contribution in [2.75, 3.05) is 6.54 Å². The first-order chi connectivity index (χ1) is 8.50. The fourth-order valence-corrected chi connectivity index (χ4v) is 3.18. The van der Waals surface area contributed by atoms with E-state index in [1.165, 1.54) is 12.8 Å². The van der Waals surface area contributed by atoms with E-state index in [0.29, 0.717) is 12.6 Å². The highest BCUT2D eigenvalue weighted by Crippen LogP contribution is 2.40. The van der Waals surface area contributed by atoms with Crippen LogP contribution < -0.4 is 5.73 Å². The lowest BCUT2D eigenvalue weighted by atomic mass is 9.70. The van der Waals surface area contributed by atoms with E-state index in [-0.39, 0.29) is 5.41 Å². The Morgan fingerprint density at radius 3 is 2.44 bits per heavy atom. The van der Waals surface area contributed by atoms with Crippen LogP contribution in [0.3, 0.4) is 0 Å². The number of aromatic nitrogens is 3. The lowest BCUT2D eigenvalue weighted by molar-refractivity contribution is 0.227. The van der Waals surface area contributed by atoms with Gasteiger partial charge in [0.25, 0.3) is 0 Å². The molecule has 18 heavy (non-hydrogen) atoms. The molecule has 0 atom stereocenters. The molecule has 0 saturated heterocycles. The van der Waals surface area contributed by atoms with Gasteiger partial charge in [0.05, 0.1) is 0 Å². The maximum atomic E-state index is 6.11. The number of nitrogens with two attached hydrogens (primary N) is 1. The zero-order chi connectivity index (χ0) is 13.3. The fourth-order valence-electron chi connectivity index (χ4n) is 3.18. The molecule has 0 unspecified atom stereocenters. The summed E-state index contributed by atoms with van der Waals surface area (Å²) in [5, 5.41) is 8.74. The minimum absolute atomic E-state index is 0.0536. The third-order valence-corrected chi connectivity index (χ3v) is 4.48. The minimum Gasteiger partial charge on any atom is -0.329 e. The Labute approximate surface area is 110 Å². The van der Waals surface area contributed by atoms with Crippen molar-refractivity contribution in [2.45, 2.75) is 64.8 Å². The largest absolute Gasteiger partial charge is 0.329 e. The molecule has 1 aliphatic carbocycles. The predicted molar refractivity (Wildman–Crippen MR) is 73.5 cm³/mol. The molecule has 102 valence electrons. The van der Waals surface area contributed by atoms with Gasteiger partial charge in [-0.1, -0.05) is 6.92 Å². The van der Waals surface area contributed by atoms with Crippen molar-refractivity contribution in [3.05, 3.63) is 11.6 Å². The summed E-state index contributed by atoms with van der Waals surface area (Å²) in [4.78, 5) is 0. The average molecular weight is 250 g/mol. The van der Waals surface area contributed by atoms with E-state index in [0.717, 1.165) is 30.4 Å². The van der Waals surface area contributed by atoms with E-state index in [1.807, 2.05) is 6.92 Å². The second-order valence-corrected chi connectivity index (χ2v) is 6.20. The van der Waals surface area contributed by atoms with Crippen molar-refractivity contribution >= 4 is 0 Å². The molecule has 4 nitrogen and oxygen atoms in total. The molecule has 0 radical (unpaired) electrons. The van der Waals surface area contributed by atoms with Gasteiger partial charge in [-0.15, -0.1) is 10.2 Å². The van der Waals surface area contributed by atoms with Crippen LogP contribution in [-0.2, 0) is 5.41 Å². The first kappa shape index (κ1) is 13.5. The number of aryl methyl sites for hydroxylation is 1. The summed E-state index contributed by atoms with van der Waals surface area (Å²) in [6, 6.07) is 0.401. The zero-order valence-electron chi connectivity index (χ0n) is 12.1. The van der Waals surface area contributed by atoms with Crippen LogP contribution in [0.1, 0.15) is 64.1 Å². The Hall–Kier alpha value is -0.900. The zero-order valence-corrected chi connectivity index (χ0v) is 12.1. The average Bonchev–Trinajstić information content (AvgIpc) is 2.73. The highest BCUT2D eigenvalue weighted by atomic mass is 15.3. The van der Waals surface area contributed by atoms with Gasteiger partial charge < -0.3 is 10.3 Å². The number of hydrogen-bond donors (Lipinski definition) is 1. The quantitative estimate of drug-likeness (QED) is 0.897. The SMILES string of the molecule is Cc1nnc(C2(CN)CCC(C)CC2)n1C(C)C. The Morgan fingerprint density at radius 2 is 1.94 bits per heavy atom. The summed E-state index contributed by atoms with van der Waals surface area (Å²) in [5.74, 6) is 2.94. The van der Waals surface area contributed by atoms with Crippen LogP contribution in [0.15, 0.2) is 0 Å². The van der Waals surface area contributed by atoms with Crippen molar-refractivity contribution in [3.8, 4) is 0 Å². The predicted octanol–water partition coefficient (Wildman–Crippen LogP) is 2.57. The molecule has 1 saturated carbocycles. The van der Waals surface area contributed by atoms with Crippen LogP contribution in [0.4, 0.5) is 0 Å². The van der Waals surface area contributed by atoms with Gasteiger partial charge in [0, 0.05) is 18.0 Å². The molecule has 2 rings (SSSR count). The van der Waals surface area contributed by atoms with Crippen LogP contribution in [0.2, 0.25) is 0 Å². The van der Waals surface area contributed by atoms with E-state index in [4.69, 9.17) is 5.73 Å². The molecule has 0 bridgehead atoms. The van der Waals surface area contributed by atoms with E-state index in [2.05, 4.69) is 35.5 Å². The van der Waals surface area contributed by atoms with Crippen LogP contribution in [0, 0.1) is 12.8 Å². The molecule has 1 aromatic heterocycles. The molecule has 2 N–H and O–H groups in total. The van der Waals surface area contributed by atoms with Crippen LogP contribution in [0.25, 0.3) is 0 Å². The highest BCUT2D eigenvalue weighted by Gasteiger charge is 2.39. The maximum Gasteiger partial charge on any atom is 0.140 e. The summed E-state index contributed by atoms with van der Waals surface area (Å²) < 4.78 is 2.27. The third kappa shape index (κ3) is 2.18. The Balaban J connectivity index is 2.39. The smallest absolute Gasteiger partial charge is 0.140 e. The van der Waals surface area contributed by atoms with Crippen molar-refractivity contribution in [1.82, 2.24) is 14.8 Å². The monoisotopic (exact) mass is 250 g/mol. The lowest BCUT2D eigenvalue weighted by Crippen LogP contribution is -2.41. The van der Waals surface area contributed by atoms with E-state index in [1.54, 1.807) is 0 Å². The van der Waals surface area contributed by atoms with Gasteiger partial charge in [0.2, 0.25) is 0 Å². The van der Waals surface area contributed by atoms with Crippen LogP contribution in [0.5, 0.6) is 0 Å². The van der Waals surface area contributed by atoms with Gasteiger partial charge in [-0.25, -0.2) is 0 Å². The molecule has 0 aromatic carbocycles. The maximum absolute atomic E-state index is 6.11. The summed E-state index contributed by atoms with van der Waals surface area (Å²) in [5.41, 5.74) is 6.17. The van der Waals surface area contributed by atoms with Crippen LogP contribution >= 0.6 is 0 Å². The van der Waals surface area contributed by atoms with E-state index >= 15 is 0 Å². The molecular weight excluding hydrogens is 224 g/mol. The number of rotatable bonds is 3. The highest BCUT2D eigenvalue weighted by molar-refractivity contribution is 5.14. The molecular formula is C14H26N4. The van der Waals surface area contributed by atoms with Gasteiger partial charge in [0.1, 0.15) is 11.6 Å². The molecule has 0 spiro atoms. The first-order valence-electron chi connectivity index (χ1n) is 7.12. The Kier molecular flexibility index (Phi) is 3.76. The van der Waals surface area contributed by atoms with Crippen molar-refractivity contribution in [3.63, 3.8) is 0 Å². The topological polar surface area (TPSA) is 56.7 Å². The van der Waals surface area contributed by atoms with Gasteiger partial charge in [-0.05, 0) is 52.4 Å². The van der Waals surface area contributed by atoms with Crippen LogP contribution in [-0.4, -0.2) is 21.3 Å². The lowest BCUT2D eigenvalue weighted by Gasteiger charge is -2.38. The summed E-state index contributed by atoms with van der Waals surface area (Å²) in [7, 11) is 0. The van der Waals surface area contributed by atoms with E-state index in [9.17, 15) is 0 Å². The number of hydrogen-bond acceptors (Lipinski definition) is 3. The molecule has 1 aromatic rings. The second-order valence-electron chi connectivity index (χ2n) is 6.20. The van der Waals surface area contributed by atoms with Gasteiger partial charge in [-0.2, -0.15) is 0 Å². The van der Waals surface area contributed by atoms with E-state index < -0.39 is 0 Å². The first-order valence-corrected chi connectivity index (χ1v) is 7.12. The normalized spacial score (nSPS) is 28.9. The van der Waals surface area contributed by atoms with Crippen molar-refractivity contribution in [1.29, 1.82) is 0 Å². The fraction of sp³-hybridized carbons (Fsp3) is 0.857. The summed E-state index contributed by atoms with van der Waals surface area (Å²) in [6.07, 6.45) is 4.80. The Morgan fingerprint density at radius 1 is 1.33 bits per heavy atom. The molecule has 1 fully saturated rings. The van der Waals surface area contributed by atoms with Gasteiger partial charge in [0.15, 0.2) is 0 Å². The van der Waals surface area contributed by atoms with Crippen molar-refractivity contribution in [2.24, 2.45) is 11.7 Å². The minimum atomic E-state index is 0.0536. The summed E-state index contributed by atoms with van der Waals surface area (Å²) in [6.45, 7) is 9.43. The number of nitrogens with zero attached hydrogens (tertiary/aromatic N) is 3. The second kappa shape index (κ2) is 5.00.